The van der Waals surface area contributed by atoms with Crippen molar-refractivity contribution in [3.05, 3.63) is 48.5 Å². The van der Waals surface area contributed by atoms with Crippen molar-refractivity contribution in [1.29, 1.82) is 0 Å². The summed E-state index contributed by atoms with van der Waals surface area (Å²) in [5, 5.41) is 2.57. The van der Waals surface area contributed by atoms with E-state index in [-0.39, 0.29) is 6.04 Å². The number of aliphatic imine (C=N–C) groups is 1. The first-order valence-electron chi connectivity index (χ1n) is 7.01. The molecule has 20 heavy (non-hydrogen) atoms. The molecule has 1 unspecified atom stereocenters. The van der Waals surface area contributed by atoms with E-state index in [1.807, 2.05) is 0 Å². The Morgan fingerprint density at radius 1 is 1.00 bits per heavy atom. The Morgan fingerprint density at radius 3 is 2.15 bits per heavy atom. The highest BCUT2D eigenvalue weighted by Crippen LogP contribution is 2.32. The maximum Gasteiger partial charge on any atom is 0.206 e. The lowest BCUT2D eigenvalue weighted by molar-refractivity contribution is 0.326. The van der Waals surface area contributed by atoms with Crippen molar-refractivity contribution in [2.45, 2.75) is 13.0 Å². The normalized spacial score (nSPS) is 16.4. The Hall–Kier alpha value is -2.29. The van der Waals surface area contributed by atoms with Gasteiger partial charge >= 0.3 is 0 Å². The number of rotatable bonds is 2. The first kappa shape index (κ1) is 11.5. The Labute approximate surface area is 117 Å². The third-order valence-corrected chi connectivity index (χ3v) is 3.97. The molecule has 1 aromatic heterocycles. The molecule has 2 heterocycles. The van der Waals surface area contributed by atoms with Gasteiger partial charge in [-0.3, -0.25) is 4.99 Å². The van der Waals surface area contributed by atoms with Crippen LogP contribution in [0.3, 0.4) is 0 Å². The van der Waals surface area contributed by atoms with Gasteiger partial charge in [-0.25, -0.2) is 0 Å². The second kappa shape index (κ2) is 4.37. The molecule has 0 amide bonds. The molecule has 3 heteroatoms. The van der Waals surface area contributed by atoms with Crippen LogP contribution in [0.15, 0.2) is 53.5 Å². The van der Waals surface area contributed by atoms with E-state index in [4.69, 9.17) is 4.74 Å². The molecule has 4 rings (SSSR count). The van der Waals surface area contributed by atoms with E-state index in [1.165, 1.54) is 21.8 Å². The molecule has 2 aromatic carbocycles. The zero-order valence-corrected chi connectivity index (χ0v) is 11.4. The minimum atomic E-state index is 0.127. The molecule has 3 aromatic rings. The van der Waals surface area contributed by atoms with E-state index in [2.05, 4.69) is 65.0 Å². The second-order valence-corrected chi connectivity index (χ2v) is 5.15. The molecular formula is C17H16N2O. The molecule has 0 bridgehead atoms. The van der Waals surface area contributed by atoms with E-state index in [1.54, 1.807) is 0 Å². The van der Waals surface area contributed by atoms with Crippen LogP contribution in [0.1, 0.15) is 13.0 Å². The predicted molar refractivity (Wildman–Crippen MR) is 82.4 cm³/mol. The third-order valence-electron chi connectivity index (χ3n) is 3.97. The van der Waals surface area contributed by atoms with Crippen molar-refractivity contribution in [2.75, 3.05) is 13.2 Å². The number of fused-ring (bicyclic) bond motifs is 3. The van der Waals surface area contributed by atoms with Gasteiger partial charge in [0, 0.05) is 21.8 Å². The average Bonchev–Trinajstić information content (AvgIpc) is 3.13. The molecule has 1 atom stereocenters. The van der Waals surface area contributed by atoms with E-state index in [0.29, 0.717) is 6.61 Å². The van der Waals surface area contributed by atoms with Crippen LogP contribution in [0.5, 0.6) is 0 Å². The van der Waals surface area contributed by atoms with Crippen molar-refractivity contribution in [3.8, 4) is 0 Å². The quantitative estimate of drug-likeness (QED) is 0.691. The smallest absolute Gasteiger partial charge is 0.206 e. The van der Waals surface area contributed by atoms with Crippen molar-refractivity contribution >= 4 is 27.7 Å². The molecule has 1 aliphatic rings. The molecule has 0 saturated carbocycles. The largest absolute Gasteiger partial charge is 0.478 e. The Bertz CT molecular complexity index is 763. The monoisotopic (exact) mass is 264 g/mol. The minimum Gasteiger partial charge on any atom is -0.478 e. The highest BCUT2D eigenvalue weighted by Gasteiger charge is 2.21. The Kier molecular flexibility index (Phi) is 2.52. The summed E-state index contributed by atoms with van der Waals surface area (Å²) in [4.78, 5) is 4.48. The number of benzene rings is 2. The van der Waals surface area contributed by atoms with Crippen LogP contribution in [-0.2, 0) is 4.74 Å². The molecule has 0 spiro atoms. The van der Waals surface area contributed by atoms with Crippen LogP contribution in [0.2, 0.25) is 0 Å². The lowest BCUT2D eigenvalue weighted by Crippen LogP contribution is -2.16. The zero-order chi connectivity index (χ0) is 13.5. The molecule has 100 valence electrons. The van der Waals surface area contributed by atoms with Crippen molar-refractivity contribution in [3.63, 3.8) is 0 Å². The first-order chi connectivity index (χ1) is 9.86. The maximum atomic E-state index is 5.67. The molecule has 0 aliphatic carbocycles. The van der Waals surface area contributed by atoms with Crippen LogP contribution in [0.25, 0.3) is 21.8 Å². The summed E-state index contributed by atoms with van der Waals surface area (Å²) in [6.45, 7) is 3.64. The third kappa shape index (κ3) is 1.56. The van der Waals surface area contributed by atoms with Gasteiger partial charge in [0.15, 0.2) is 0 Å². The molecular weight excluding hydrogens is 248 g/mol. The predicted octanol–water partition coefficient (Wildman–Crippen LogP) is 3.78. The molecule has 3 nitrogen and oxygen atoms in total. The summed E-state index contributed by atoms with van der Waals surface area (Å²) < 4.78 is 7.99. The standard InChI is InChI=1S/C17H16N2O/c1-12(17-18-10-11-20-17)19-15-8-4-2-6-13(15)14-7-3-5-9-16(14)19/h2-9,12H,10-11H2,1H3. The van der Waals surface area contributed by atoms with Gasteiger partial charge in [0.25, 0.3) is 0 Å². The molecule has 0 N–H and O–H groups in total. The highest BCUT2D eigenvalue weighted by molar-refractivity contribution is 6.09. The van der Waals surface area contributed by atoms with Crippen LogP contribution in [0, 0.1) is 0 Å². The van der Waals surface area contributed by atoms with Gasteiger partial charge in [0.1, 0.15) is 12.6 Å². The molecule has 1 aliphatic heterocycles. The van der Waals surface area contributed by atoms with Crippen LogP contribution in [0.4, 0.5) is 0 Å². The van der Waals surface area contributed by atoms with E-state index < -0.39 is 0 Å². The Morgan fingerprint density at radius 2 is 1.60 bits per heavy atom. The van der Waals surface area contributed by atoms with Gasteiger partial charge in [-0.1, -0.05) is 36.4 Å². The second-order valence-electron chi connectivity index (χ2n) is 5.15. The highest BCUT2D eigenvalue weighted by atomic mass is 16.5. The fraction of sp³-hybridized carbons (Fsp3) is 0.235. The lowest BCUT2D eigenvalue weighted by atomic mass is 10.2. The van der Waals surface area contributed by atoms with Crippen molar-refractivity contribution < 1.29 is 4.74 Å². The number of ether oxygens (including phenoxy) is 1. The number of aromatic nitrogens is 1. The molecule has 0 saturated heterocycles. The van der Waals surface area contributed by atoms with Gasteiger partial charge in [-0.2, -0.15) is 0 Å². The molecule has 0 fully saturated rings. The van der Waals surface area contributed by atoms with Crippen molar-refractivity contribution in [2.24, 2.45) is 4.99 Å². The zero-order valence-electron chi connectivity index (χ0n) is 11.4. The summed E-state index contributed by atoms with van der Waals surface area (Å²) in [5.74, 6) is 0.844. The summed E-state index contributed by atoms with van der Waals surface area (Å²) in [7, 11) is 0. The van der Waals surface area contributed by atoms with Crippen LogP contribution >= 0.6 is 0 Å². The summed E-state index contributed by atoms with van der Waals surface area (Å²) >= 11 is 0. The maximum absolute atomic E-state index is 5.67. The first-order valence-corrected chi connectivity index (χ1v) is 7.01. The Balaban J connectivity index is 2.04. The minimum absolute atomic E-state index is 0.127. The fourth-order valence-corrected chi connectivity index (χ4v) is 3.08. The topological polar surface area (TPSA) is 26.5 Å². The van der Waals surface area contributed by atoms with E-state index >= 15 is 0 Å². The van der Waals surface area contributed by atoms with Gasteiger partial charge in [-0.05, 0) is 19.1 Å². The summed E-state index contributed by atoms with van der Waals surface area (Å²) in [5.41, 5.74) is 2.47. The fourth-order valence-electron chi connectivity index (χ4n) is 3.08. The average molecular weight is 264 g/mol. The summed E-state index contributed by atoms with van der Waals surface area (Å²) in [6, 6.07) is 17.2. The van der Waals surface area contributed by atoms with Crippen molar-refractivity contribution in [1.82, 2.24) is 4.57 Å². The number of nitrogens with zero attached hydrogens (tertiary/aromatic N) is 2. The van der Waals surface area contributed by atoms with Crippen LogP contribution < -0.4 is 0 Å². The van der Waals surface area contributed by atoms with E-state index in [9.17, 15) is 0 Å². The van der Waals surface area contributed by atoms with Gasteiger partial charge < -0.3 is 9.30 Å². The van der Waals surface area contributed by atoms with Gasteiger partial charge in [0.05, 0.1) is 6.54 Å². The number of para-hydroxylation sites is 2. The SMILES string of the molecule is CC(C1=NCCO1)n1c2ccccc2c2ccccc21. The molecule has 0 radical (unpaired) electrons. The summed E-state index contributed by atoms with van der Waals surface area (Å²) in [6.07, 6.45) is 0. The van der Waals surface area contributed by atoms with Gasteiger partial charge in [0.2, 0.25) is 5.90 Å². The number of hydrogen-bond acceptors (Lipinski definition) is 2. The van der Waals surface area contributed by atoms with Crippen LogP contribution in [-0.4, -0.2) is 23.6 Å². The lowest BCUT2D eigenvalue weighted by Gasteiger charge is -2.16. The number of hydrogen-bond donors (Lipinski definition) is 0. The van der Waals surface area contributed by atoms with E-state index in [0.717, 1.165) is 12.4 Å². The van der Waals surface area contributed by atoms with Gasteiger partial charge in [-0.15, -0.1) is 0 Å².